The summed E-state index contributed by atoms with van der Waals surface area (Å²) < 4.78 is 63.5. The van der Waals surface area contributed by atoms with Crippen LogP contribution in [0.3, 0.4) is 0 Å². The van der Waals surface area contributed by atoms with E-state index in [1.165, 1.54) is 0 Å². The number of benzene rings is 1. The molecule has 0 fully saturated rings. The van der Waals surface area contributed by atoms with E-state index in [-0.39, 0.29) is 21.3 Å². The summed E-state index contributed by atoms with van der Waals surface area (Å²) in [5.41, 5.74) is -0.127. The Morgan fingerprint density at radius 1 is 1.22 bits per heavy atom. The van der Waals surface area contributed by atoms with Crippen molar-refractivity contribution in [2.45, 2.75) is 11.3 Å². The van der Waals surface area contributed by atoms with Crippen molar-refractivity contribution in [1.82, 2.24) is 14.9 Å². The van der Waals surface area contributed by atoms with E-state index >= 15 is 0 Å². The molecule has 6 nitrogen and oxygen atoms in total. The number of nitrogens with two attached hydrogens (primary N) is 1. The second-order valence-electron chi connectivity index (χ2n) is 4.17. The lowest BCUT2D eigenvalue weighted by molar-refractivity contribution is -0.146. The second kappa shape index (κ2) is 6.40. The normalized spacial score (nSPS) is 11.5. The number of nitrogen functional groups attached to an aromatic ring is 1. The van der Waals surface area contributed by atoms with E-state index in [2.05, 4.69) is 15.5 Å². The number of carbonyl (C=O) groups is 1. The molecule has 3 N–H and O–H groups in total. The smallest absolute Gasteiger partial charge is 0.335 e. The van der Waals surface area contributed by atoms with Gasteiger partial charge in [-0.2, -0.15) is 13.2 Å². The molecule has 0 atom stereocenters. The number of alkyl halides is 3. The molecule has 0 spiro atoms. The number of carbonyl (C=O) groups excluding carboxylic acids is 1. The molecule has 12 heteroatoms. The first kappa shape index (κ1) is 17.0. The average Bonchev–Trinajstić information content (AvgIpc) is 2.76. The van der Waals surface area contributed by atoms with E-state index in [1.54, 1.807) is 0 Å². The quantitative estimate of drug-likeness (QED) is 0.499. The van der Waals surface area contributed by atoms with E-state index in [0.29, 0.717) is 17.8 Å². The number of nitrogens with one attached hydrogen (secondary N) is 1. The number of halogens is 5. The van der Waals surface area contributed by atoms with Gasteiger partial charge in [0.1, 0.15) is 11.6 Å². The van der Waals surface area contributed by atoms with Crippen LogP contribution in [0.1, 0.15) is 5.82 Å². The first-order chi connectivity index (χ1) is 10.7. The third kappa shape index (κ3) is 4.31. The molecule has 0 saturated heterocycles. The van der Waals surface area contributed by atoms with Crippen LogP contribution >= 0.6 is 11.8 Å². The maximum atomic E-state index is 13.0. The van der Waals surface area contributed by atoms with Crippen molar-refractivity contribution in [3.05, 3.63) is 35.7 Å². The summed E-state index contributed by atoms with van der Waals surface area (Å²) in [7, 11) is 0. The van der Waals surface area contributed by atoms with Crippen LogP contribution < -0.4 is 11.2 Å². The summed E-state index contributed by atoms with van der Waals surface area (Å²) in [6.45, 7) is 0. The third-order valence-corrected chi connectivity index (χ3v) is 3.34. The van der Waals surface area contributed by atoms with E-state index < -0.39 is 29.5 Å². The zero-order valence-corrected chi connectivity index (χ0v) is 11.9. The molecule has 0 bridgehead atoms. The molecule has 0 radical (unpaired) electrons. The zero-order valence-electron chi connectivity index (χ0n) is 11.1. The van der Waals surface area contributed by atoms with Crippen molar-refractivity contribution in [3.8, 4) is 0 Å². The van der Waals surface area contributed by atoms with E-state index in [4.69, 9.17) is 5.84 Å². The Morgan fingerprint density at radius 2 is 1.83 bits per heavy atom. The van der Waals surface area contributed by atoms with Gasteiger partial charge in [-0.1, -0.05) is 11.8 Å². The number of amides is 1. The fraction of sp³-hybridized carbons (Fsp3) is 0.182. The van der Waals surface area contributed by atoms with Crippen molar-refractivity contribution < 1.29 is 26.7 Å². The van der Waals surface area contributed by atoms with Crippen molar-refractivity contribution in [2.24, 2.45) is 0 Å². The van der Waals surface area contributed by atoms with Crippen molar-refractivity contribution >= 4 is 23.4 Å². The van der Waals surface area contributed by atoms with Gasteiger partial charge in [0.2, 0.25) is 11.1 Å². The van der Waals surface area contributed by atoms with Gasteiger partial charge in [0.05, 0.1) is 5.75 Å². The molecule has 1 amide bonds. The molecule has 1 heterocycles. The molecule has 124 valence electrons. The molecule has 0 unspecified atom stereocenters. The Labute approximate surface area is 129 Å². The highest BCUT2D eigenvalue weighted by molar-refractivity contribution is 7.99. The molecule has 2 rings (SSSR count). The highest BCUT2D eigenvalue weighted by Crippen LogP contribution is 2.28. The molecular weight excluding hydrogens is 345 g/mol. The lowest BCUT2D eigenvalue weighted by Gasteiger charge is -2.07. The number of anilines is 1. The van der Waals surface area contributed by atoms with Crippen LogP contribution in [0, 0.1) is 11.6 Å². The molecule has 0 aliphatic carbocycles. The van der Waals surface area contributed by atoms with Gasteiger partial charge in [-0.3, -0.25) is 4.79 Å². The van der Waals surface area contributed by atoms with Gasteiger partial charge in [0.25, 0.3) is 5.82 Å². The minimum Gasteiger partial charge on any atom is -0.335 e. The van der Waals surface area contributed by atoms with Gasteiger partial charge in [0, 0.05) is 11.8 Å². The van der Waals surface area contributed by atoms with Crippen molar-refractivity contribution in [1.29, 1.82) is 0 Å². The Balaban J connectivity index is 1.98. The summed E-state index contributed by atoms with van der Waals surface area (Å²) in [5.74, 6) is 0.914. The van der Waals surface area contributed by atoms with E-state index in [9.17, 15) is 26.7 Å². The number of nitrogens with zero attached hydrogens (tertiary/aromatic N) is 3. The lowest BCUT2D eigenvalue weighted by atomic mass is 10.3. The largest absolute Gasteiger partial charge is 0.453 e. The van der Waals surface area contributed by atoms with E-state index in [1.807, 2.05) is 0 Å². The Hall–Kier alpha value is -2.37. The molecule has 1 aromatic heterocycles. The Bertz CT molecular complexity index is 712. The maximum Gasteiger partial charge on any atom is 0.453 e. The standard InChI is InChI=1S/C11H8F5N5OS/c12-5-1-6(13)3-7(2-5)18-8(22)4-23-10-20-19-9(21(10)17)11(14,15)16/h1-3H,4,17H2,(H,18,22). The Morgan fingerprint density at radius 3 is 2.35 bits per heavy atom. The highest BCUT2D eigenvalue weighted by Gasteiger charge is 2.38. The molecular formula is C11H8F5N5OS. The second-order valence-corrected chi connectivity index (χ2v) is 5.11. The maximum absolute atomic E-state index is 13.0. The molecule has 23 heavy (non-hydrogen) atoms. The topological polar surface area (TPSA) is 85.8 Å². The third-order valence-electron chi connectivity index (χ3n) is 2.40. The van der Waals surface area contributed by atoms with Gasteiger partial charge < -0.3 is 11.2 Å². The highest BCUT2D eigenvalue weighted by atomic mass is 32.2. The van der Waals surface area contributed by atoms with Crippen LogP contribution in [0.2, 0.25) is 0 Å². The monoisotopic (exact) mass is 353 g/mol. The van der Waals surface area contributed by atoms with Crippen LogP contribution in [0.4, 0.5) is 27.6 Å². The minimum absolute atomic E-state index is 0.127. The fourth-order valence-electron chi connectivity index (χ4n) is 1.52. The van der Waals surface area contributed by atoms with Crippen LogP contribution in [0.25, 0.3) is 0 Å². The van der Waals surface area contributed by atoms with Crippen LogP contribution in [0.15, 0.2) is 23.4 Å². The summed E-state index contributed by atoms with van der Waals surface area (Å²) in [6.07, 6.45) is -4.78. The van der Waals surface area contributed by atoms with Gasteiger partial charge in [-0.25, -0.2) is 13.5 Å². The molecule has 1 aromatic carbocycles. The Kier molecular flexibility index (Phi) is 4.73. The van der Waals surface area contributed by atoms with Crippen LogP contribution in [-0.4, -0.2) is 26.5 Å². The van der Waals surface area contributed by atoms with Crippen molar-refractivity contribution in [2.75, 3.05) is 16.9 Å². The van der Waals surface area contributed by atoms with Crippen LogP contribution in [0.5, 0.6) is 0 Å². The number of aromatic nitrogens is 3. The number of hydrogen-bond donors (Lipinski definition) is 2. The van der Waals surface area contributed by atoms with E-state index in [0.717, 1.165) is 12.1 Å². The molecule has 0 aliphatic rings. The first-order valence-corrected chi connectivity index (χ1v) is 6.82. The number of rotatable bonds is 4. The predicted molar refractivity (Wildman–Crippen MR) is 70.9 cm³/mol. The van der Waals surface area contributed by atoms with Gasteiger partial charge in [-0.05, 0) is 12.1 Å². The summed E-state index contributed by atoms with van der Waals surface area (Å²) in [4.78, 5) is 11.6. The van der Waals surface area contributed by atoms with Gasteiger partial charge >= 0.3 is 6.18 Å². The average molecular weight is 353 g/mol. The number of thioether (sulfide) groups is 1. The SMILES string of the molecule is Nn1c(SCC(=O)Nc2cc(F)cc(F)c2)nnc1C(F)(F)F. The number of hydrogen-bond acceptors (Lipinski definition) is 5. The molecule has 0 saturated carbocycles. The first-order valence-electron chi connectivity index (χ1n) is 5.83. The summed E-state index contributed by atoms with van der Waals surface area (Å²) in [6, 6.07) is 2.40. The molecule has 0 aliphatic heterocycles. The van der Waals surface area contributed by atoms with Crippen LogP contribution in [-0.2, 0) is 11.0 Å². The lowest BCUT2D eigenvalue weighted by Crippen LogP contribution is -2.22. The van der Waals surface area contributed by atoms with Gasteiger partial charge in [-0.15, -0.1) is 10.2 Å². The minimum atomic E-state index is -4.78. The predicted octanol–water partition coefficient (Wildman–Crippen LogP) is 2.02. The zero-order chi connectivity index (χ0) is 17.2. The van der Waals surface area contributed by atoms with Gasteiger partial charge in [0.15, 0.2) is 0 Å². The molecule has 2 aromatic rings. The fourth-order valence-corrected chi connectivity index (χ4v) is 2.18. The summed E-state index contributed by atoms with van der Waals surface area (Å²) >= 11 is 0.585. The summed E-state index contributed by atoms with van der Waals surface area (Å²) in [5, 5.41) is 7.96. The van der Waals surface area contributed by atoms with Crippen molar-refractivity contribution in [3.63, 3.8) is 0 Å².